The average Bonchev–Trinajstić information content (AvgIpc) is 2.73. The summed E-state index contributed by atoms with van der Waals surface area (Å²) in [5.41, 5.74) is 0.233. The molecule has 3 heteroatoms. The fourth-order valence-corrected chi connectivity index (χ4v) is 3.56. The first-order valence-electron chi connectivity index (χ1n) is 9.49. The van der Waals surface area contributed by atoms with Gasteiger partial charge in [0, 0.05) is 5.92 Å². The van der Waals surface area contributed by atoms with Gasteiger partial charge in [-0.2, -0.15) is 0 Å². The molecule has 0 spiro atoms. The van der Waals surface area contributed by atoms with E-state index >= 15 is 0 Å². The van der Waals surface area contributed by atoms with Crippen molar-refractivity contribution >= 4 is 12.0 Å². The molecule has 3 nitrogen and oxygen atoms in total. The maximum absolute atomic E-state index is 12.8. The Morgan fingerprint density at radius 2 is 1.67 bits per heavy atom. The number of ether oxygens (including phenoxy) is 1. The number of hydrogen-bond acceptors (Lipinski definition) is 3. The predicted molar refractivity (Wildman–Crippen MR) is 108 cm³/mol. The Morgan fingerprint density at radius 3 is 2.33 bits per heavy atom. The lowest BCUT2D eigenvalue weighted by atomic mass is 9.81. The summed E-state index contributed by atoms with van der Waals surface area (Å²) < 4.78 is 5.79. The number of carbonyl (C=O) groups is 1. The molecule has 0 heterocycles. The minimum absolute atomic E-state index is 0.163. The summed E-state index contributed by atoms with van der Waals surface area (Å²) in [4.78, 5) is 12.8. The second-order valence-electron chi connectivity index (χ2n) is 7.02. The first-order chi connectivity index (χ1) is 13.1. The topological polar surface area (TPSA) is 46.5 Å². The maximum Gasteiger partial charge on any atom is 0.346 e. The fraction of sp³-hybridized carbons (Fsp3) is 0.292. The van der Waals surface area contributed by atoms with Gasteiger partial charge in [-0.25, -0.2) is 4.79 Å². The molecule has 1 fully saturated rings. The van der Waals surface area contributed by atoms with Gasteiger partial charge in [-0.3, -0.25) is 0 Å². The van der Waals surface area contributed by atoms with Gasteiger partial charge in [-0.05, 0) is 42.5 Å². The van der Waals surface area contributed by atoms with Crippen LogP contribution >= 0.6 is 0 Å². The lowest BCUT2D eigenvalue weighted by molar-refractivity contribution is -0.164. The third kappa shape index (κ3) is 4.75. The van der Waals surface area contributed by atoms with Gasteiger partial charge in [0.15, 0.2) is 5.60 Å². The minimum atomic E-state index is -1.84. The van der Waals surface area contributed by atoms with Gasteiger partial charge in [0.25, 0.3) is 0 Å². The third-order valence-corrected chi connectivity index (χ3v) is 5.16. The molecule has 1 aliphatic carbocycles. The van der Waals surface area contributed by atoms with Crippen LogP contribution in [0.2, 0.25) is 0 Å². The molecule has 0 amide bonds. The van der Waals surface area contributed by atoms with Crippen LogP contribution in [0.4, 0.5) is 0 Å². The van der Waals surface area contributed by atoms with E-state index in [0.29, 0.717) is 0 Å². The van der Waals surface area contributed by atoms with E-state index in [1.54, 1.807) is 6.08 Å². The monoisotopic (exact) mass is 362 g/mol. The van der Waals surface area contributed by atoms with Crippen molar-refractivity contribution in [2.45, 2.75) is 43.3 Å². The van der Waals surface area contributed by atoms with Crippen LogP contribution in [0.1, 0.15) is 42.7 Å². The average molecular weight is 362 g/mol. The molecule has 0 aliphatic heterocycles. The first kappa shape index (κ1) is 19.1. The molecule has 0 bridgehead atoms. The number of aliphatic hydroxyl groups is 1. The second-order valence-corrected chi connectivity index (χ2v) is 7.02. The minimum Gasteiger partial charge on any atom is -0.459 e. The molecular weight excluding hydrogens is 336 g/mol. The number of carbonyl (C=O) groups excluding carboxylic acids is 1. The highest BCUT2D eigenvalue weighted by atomic mass is 16.6. The first-order valence-corrected chi connectivity index (χ1v) is 9.49. The summed E-state index contributed by atoms with van der Waals surface area (Å²) in [6.07, 6.45) is 8.08. The summed E-state index contributed by atoms with van der Waals surface area (Å²) in [5, 5.41) is 10.8. The van der Waals surface area contributed by atoms with E-state index in [1.165, 1.54) is 17.7 Å². The molecule has 1 aliphatic rings. The highest BCUT2D eigenvalue weighted by Gasteiger charge is 2.37. The molecule has 3 atom stereocenters. The SMILES string of the molecule is C=C[C@@](O)(C=Cc1ccccc1)C(=O)O[C@@H]1CCCC[C@H]1c1ccccc1. The highest BCUT2D eigenvalue weighted by Crippen LogP contribution is 2.35. The quantitative estimate of drug-likeness (QED) is 0.588. The zero-order valence-corrected chi connectivity index (χ0v) is 15.5. The molecule has 140 valence electrons. The summed E-state index contributed by atoms with van der Waals surface area (Å²) in [5.74, 6) is -0.506. The van der Waals surface area contributed by atoms with E-state index in [9.17, 15) is 9.90 Å². The lowest BCUT2D eigenvalue weighted by Crippen LogP contribution is -2.40. The molecule has 0 unspecified atom stereocenters. The molecule has 1 N–H and O–H groups in total. The van der Waals surface area contributed by atoms with Crippen molar-refractivity contribution in [1.29, 1.82) is 0 Å². The lowest BCUT2D eigenvalue weighted by Gasteiger charge is -2.33. The molecule has 0 saturated heterocycles. The largest absolute Gasteiger partial charge is 0.459 e. The Balaban J connectivity index is 1.74. The second kappa shape index (κ2) is 8.83. The molecule has 1 saturated carbocycles. The molecule has 27 heavy (non-hydrogen) atoms. The van der Waals surface area contributed by atoms with E-state index in [2.05, 4.69) is 18.7 Å². The third-order valence-electron chi connectivity index (χ3n) is 5.16. The van der Waals surface area contributed by atoms with Crippen LogP contribution in [0, 0.1) is 0 Å². The van der Waals surface area contributed by atoms with Gasteiger partial charge < -0.3 is 9.84 Å². The van der Waals surface area contributed by atoms with Crippen molar-refractivity contribution in [2.75, 3.05) is 0 Å². The van der Waals surface area contributed by atoms with Gasteiger partial charge in [-0.1, -0.05) is 79.7 Å². The molecule has 3 rings (SSSR count). The Labute approximate surface area is 161 Å². The summed E-state index contributed by atoms with van der Waals surface area (Å²) in [6, 6.07) is 19.7. The van der Waals surface area contributed by atoms with E-state index in [1.807, 2.05) is 48.5 Å². The van der Waals surface area contributed by atoms with Gasteiger partial charge in [0.2, 0.25) is 0 Å². The zero-order valence-electron chi connectivity index (χ0n) is 15.5. The Kier molecular flexibility index (Phi) is 6.25. The normalized spacial score (nSPS) is 22.1. The Hall–Kier alpha value is -2.65. The molecular formula is C24H26O3. The molecule has 2 aromatic rings. The van der Waals surface area contributed by atoms with Crippen LogP contribution in [0.25, 0.3) is 6.08 Å². The fourth-order valence-electron chi connectivity index (χ4n) is 3.56. The number of hydrogen-bond donors (Lipinski definition) is 1. The van der Waals surface area contributed by atoms with E-state index in [4.69, 9.17) is 4.74 Å². The van der Waals surface area contributed by atoms with Crippen LogP contribution in [0.15, 0.2) is 79.4 Å². The van der Waals surface area contributed by atoms with Crippen molar-refractivity contribution in [3.63, 3.8) is 0 Å². The maximum atomic E-state index is 12.8. The van der Waals surface area contributed by atoms with Crippen molar-refractivity contribution < 1.29 is 14.6 Å². The van der Waals surface area contributed by atoms with Gasteiger partial charge in [0.05, 0.1) is 0 Å². The van der Waals surface area contributed by atoms with Crippen molar-refractivity contribution in [1.82, 2.24) is 0 Å². The standard InChI is InChI=1S/C24H26O3/c1-2-24(26,18-17-19-11-5-3-6-12-19)23(25)27-22-16-10-9-15-21(22)20-13-7-4-8-14-20/h2-8,11-14,17-18,21-22,26H,1,9-10,15-16H2/t21-,22+,24+/m0/s1. The van der Waals surface area contributed by atoms with Crippen LogP contribution in [-0.2, 0) is 9.53 Å². The number of esters is 1. The van der Waals surface area contributed by atoms with Crippen LogP contribution < -0.4 is 0 Å². The van der Waals surface area contributed by atoms with Gasteiger partial charge in [-0.15, -0.1) is 0 Å². The number of benzene rings is 2. The van der Waals surface area contributed by atoms with Crippen LogP contribution in [-0.4, -0.2) is 22.8 Å². The highest BCUT2D eigenvalue weighted by molar-refractivity contribution is 5.85. The van der Waals surface area contributed by atoms with Crippen molar-refractivity contribution in [3.05, 3.63) is 90.5 Å². The van der Waals surface area contributed by atoms with Crippen molar-refractivity contribution in [3.8, 4) is 0 Å². The van der Waals surface area contributed by atoms with Crippen molar-refractivity contribution in [2.24, 2.45) is 0 Å². The van der Waals surface area contributed by atoms with Gasteiger partial charge in [0.1, 0.15) is 6.10 Å². The Morgan fingerprint density at radius 1 is 1.04 bits per heavy atom. The van der Waals surface area contributed by atoms with E-state index in [0.717, 1.165) is 31.2 Å². The predicted octanol–water partition coefficient (Wildman–Crippen LogP) is 4.89. The van der Waals surface area contributed by atoms with Crippen LogP contribution in [0.3, 0.4) is 0 Å². The zero-order chi connectivity index (χ0) is 19.1. The summed E-state index contributed by atoms with van der Waals surface area (Å²) >= 11 is 0. The van der Waals surface area contributed by atoms with E-state index in [-0.39, 0.29) is 12.0 Å². The summed E-state index contributed by atoms with van der Waals surface area (Å²) in [7, 11) is 0. The number of rotatable bonds is 6. The molecule has 0 radical (unpaired) electrons. The van der Waals surface area contributed by atoms with E-state index < -0.39 is 11.6 Å². The molecule has 0 aromatic heterocycles. The Bertz CT molecular complexity index is 782. The molecule has 2 aromatic carbocycles. The van der Waals surface area contributed by atoms with Crippen LogP contribution in [0.5, 0.6) is 0 Å². The summed E-state index contributed by atoms with van der Waals surface area (Å²) in [6.45, 7) is 3.63. The van der Waals surface area contributed by atoms with Gasteiger partial charge >= 0.3 is 5.97 Å². The smallest absolute Gasteiger partial charge is 0.346 e.